The van der Waals surface area contributed by atoms with Crippen molar-refractivity contribution in [1.82, 2.24) is 10.2 Å². The first-order valence-electron chi connectivity index (χ1n) is 4.07. The summed E-state index contributed by atoms with van der Waals surface area (Å²) in [5.74, 6) is 0.0383. The minimum Gasteiger partial charge on any atom is -0.383 e. The fraction of sp³-hybridized carbons (Fsp3) is 0.375. The number of nitrogens with zero attached hydrogens (tertiary/aromatic N) is 2. The number of nitrogens with one attached hydrogen (secondary N) is 1. The number of aromatic nitrogens is 2. The van der Waals surface area contributed by atoms with Gasteiger partial charge in [0, 0.05) is 13.3 Å². The molecule has 6 heteroatoms. The first kappa shape index (κ1) is 10.6. The molecule has 0 saturated heterocycles. The van der Waals surface area contributed by atoms with Crippen LogP contribution in [0.3, 0.4) is 0 Å². The van der Waals surface area contributed by atoms with E-state index >= 15 is 0 Å². The molecule has 1 unspecified atom stereocenters. The van der Waals surface area contributed by atoms with Crippen molar-refractivity contribution in [2.75, 3.05) is 19.0 Å². The summed E-state index contributed by atoms with van der Waals surface area (Å²) >= 11 is 0. The third-order valence-electron chi connectivity index (χ3n) is 1.51. The van der Waals surface area contributed by atoms with Crippen LogP contribution in [0.4, 0.5) is 5.82 Å². The summed E-state index contributed by atoms with van der Waals surface area (Å²) in [6.45, 7) is 0.173. The second-order valence-electron chi connectivity index (χ2n) is 2.66. The van der Waals surface area contributed by atoms with Gasteiger partial charge in [0.2, 0.25) is 5.91 Å². The molecule has 1 heterocycles. The number of carbonyl (C=O) groups is 1. The average Bonchev–Trinajstić information content (AvgIpc) is 2.19. The van der Waals surface area contributed by atoms with Gasteiger partial charge in [-0.3, -0.25) is 4.79 Å². The van der Waals surface area contributed by atoms with Gasteiger partial charge in [-0.05, 0) is 12.1 Å². The molecule has 0 aromatic carbocycles. The molecule has 1 rings (SSSR count). The molecule has 6 nitrogen and oxygen atoms in total. The molecular formula is C8H12N4O2. The van der Waals surface area contributed by atoms with E-state index in [9.17, 15) is 4.79 Å². The molecule has 0 aliphatic carbocycles. The Hall–Kier alpha value is -1.53. The molecule has 0 bridgehead atoms. The minimum atomic E-state index is -0.693. The zero-order valence-electron chi connectivity index (χ0n) is 7.80. The van der Waals surface area contributed by atoms with Gasteiger partial charge in [-0.15, -0.1) is 5.10 Å². The van der Waals surface area contributed by atoms with Crippen molar-refractivity contribution in [1.29, 1.82) is 0 Å². The van der Waals surface area contributed by atoms with Gasteiger partial charge in [0.1, 0.15) is 6.04 Å². The van der Waals surface area contributed by atoms with Gasteiger partial charge < -0.3 is 15.8 Å². The van der Waals surface area contributed by atoms with Crippen LogP contribution >= 0.6 is 0 Å². The number of anilines is 1. The van der Waals surface area contributed by atoms with E-state index in [0.717, 1.165) is 0 Å². The van der Waals surface area contributed by atoms with E-state index in [-0.39, 0.29) is 12.5 Å². The SMILES string of the molecule is COCC(N)C(=O)Nc1cccnn1. The van der Waals surface area contributed by atoms with Crippen LogP contribution in [-0.4, -0.2) is 35.9 Å². The van der Waals surface area contributed by atoms with E-state index in [1.54, 1.807) is 12.1 Å². The van der Waals surface area contributed by atoms with E-state index in [1.165, 1.54) is 13.3 Å². The molecule has 0 aliphatic rings. The lowest BCUT2D eigenvalue weighted by Crippen LogP contribution is -2.39. The number of rotatable bonds is 4. The minimum absolute atomic E-state index is 0.173. The Kier molecular flexibility index (Phi) is 3.96. The quantitative estimate of drug-likeness (QED) is 0.670. The number of ether oxygens (including phenoxy) is 1. The lowest BCUT2D eigenvalue weighted by atomic mass is 10.3. The molecule has 1 atom stereocenters. The molecule has 76 valence electrons. The third-order valence-corrected chi connectivity index (χ3v) is 1.51. The molecule has 0 fully saturated rings. The Balaban J connectivity index is 2.49. The van der Waals surface area contributed by atoms with Crippen LogP contribution in [0.15, 0.2) is 18.3 Å². The lowest BCUT2D eigenvalue weighted by molar-refractivity contribution is -0.118. The molecule has 1 amide bonds. The normalized spacial score (nSPS) is 12.1. The molecule has 1 aromatic rings. The van der Waals surface area contributed by atoms with E-state index in [2.05, 4.69) is 15.5 Å². The number of nitrogens with two attached hydrogens (primary N) is 1. The maximum atomic E-state index is 11.3. The van der Waals surface area contributed by atoms with Crippen LogP contribution in [0.5, 0.6) is 0 Å². The van der Waals surface area contributed by atoms with Crippen LogP contribution in [0, 0.1) is 0 Å². The van der Waals surface area contributed by atoms with Crippen molar-refractivity contribution in [3.8, 4) is 0 Å². The van der Waals surface area contributed by atoms with Gasteiger partial charge in [-0.2, -0.15) is 5.10 Å². The monoisotopic (exact) mass is 196 g/mol. The Morgan fingerprint density at radius 1 is 1.79 bits per heavy atom. The summed E-state index contributed by atoms with van der Waals surface area (Å²) < 4.78 is 4.74. The van der Waals surface area contributed by atoms with E-state index in [0.29, 0.717) is 5.82 Å². The van der Waals surface area contributed by atoms with E-state index in [4.69, 9.17) is 10.5 Å². The maximum absolute atomic E-state index is 11.3. The molecule has 3 N–H and O–H groups in total. The molecule has 14 heavy (non-hydrogen) atoms. The van der Waals surface area contributed by atoms with Crippen molar-refractivity contribution in [2.24, 2.45) is 5.73 Å². The number of hydrogen-bond donors (Lipinski definition) is 2. The molecule has 0 aliphatic heterocycles. The lowest BCUT2D eigenvalue weighted by Gasteiger charge is -2.09. The summed E-state index contributed by atoms with van der Waals surface area (Å²) in [7, 11) is 1.48. The molecule has 0 radical (unpaired) electrons. The highest BCUT2D eigenvalue weighted by Crippen LogP contribution is 1.98. The highest BCUT2D eigenvalue weighted by Gasteiger charge is 2.13. The van der Waals surface area contributed by atoms with Gasteiger partial charge in [0.25, 0.3) is 0 Å². The summed E-state index contributed by atoms with van der Waals surface area (Å²) in [5, 5.41) is 9.80. The Labute approximate surface area is 81.5 Å². The number of amides is 1. The van der Waals surface area contributed by atoms with Crippen molar-refractivity contribution < 1.29 is 9.53 Å². The number of carbonyl (C=O) groups excluding carboxylic acids is 1. The smallest absolute Gasteiger partial charge is 0.244 e. The zero-order valence-corrected chi connectivity index (χ0v) is 7.80. The number of hydrogen-bond acceptors (Lipinski definition) is 5. The topological polar surface area (TPSA) is 90.1 Å². The van der Waals surface area contributed by atoms with Crippen molar-refractivity contribution in [3.63, 3.8) is 0 Å². The maximum Gasteiger partial charge on any atom is 0.244 e. The fourth-order valence-corrected chi connectivity index (χ4v) is 0.842. The van der Waals surface area contributed by atoms with Crippen molar-refractivity contribution >= 4 is 11.7 Å². The Morgan fingerprint density at radius 3 is 3.14 bits per heavy atom. The van der Waals surface area contributed by atoms with E-state index in [1.807, 2.05) is 0 Å². The summed E-state index contributed by atoms with van der Waals surface area (Å²) in [4.78, 5) is 11.3. The van der Waals surface area contributed by atoms with Gasteiger partial charge in [-0.1, -0.05) is 0 Å². The first-order chi connectivity index (χ1) is 6.74. The molecule has 1 aromatic heterocycles. The first-order valence-corrected chi connectivity index (χ1v) is 4.07. The van der Waals surface area contributed by atoms with Gasteiger partial charge >= 0.3 is 0 Å². The average molecular weight is 196 g/mol. The Morgan fingerprint density at radius 2 is 2.57 bits per heavy atom. The predicted octanol–water partition coefficient (Wildman–Crippen LogP) is -0.611. The second kappa shape index (κ2) is 5.25. The van der Waals surface area contributed by atoms with Gasteiger partial charge in [0.05, 0.1) is 6.61 Å². The molecule has 0 saturated carbocycles. The third kappa shape index (κ3) is 3.08. The van der Waals surface area contributed by atoms with Crippen molar-refractivity contribution in [3.05, 3.63) is 18.3 Å². The standard InChI is InChI=1S/C8H12N4O2/c1-14-5-6(9)8(13)11-7-3-2-4-10-12-7/h2-4,6H,5,9H2,1H3,(H,11,12,13). The largest absolute Gasteiger partial charge is 0.383 e. The summed E-state index contributed by atoms with van der Waals surface area (Å²) in [6, 6.07) is 2.61. The highest BCUT2D eigenvalue weighted by molar-refractivity contribution is 5.93. The van der Waals surface area contributed by atoms with E-state index < -0.39 is 6.04 Å². The van der Waals surface area contributed by atoms with Gasteiger partial charge in [-0.25, -0.2) is 0 Å². The van der Waals surface area contributed by atoms with Crippen LogP contribution < -0.4 is 11.1 Å². The zero-order chi connectivity index (χ0) is 10.4. The van der Waals surface area contributed by atoms with Crippen molar-refractivity contribution in [2.45, 2.75) is 6.04 Å². The van der Waals surface area contributed by atoms with Crippen LogP contribution in [-0.2, 0) is 9.53 Å². The predicted molar refractivity (Wildman–Crippen MR) is 50.5 cm³/mol. The molecule has 0 spiro atoms. The summed E-state index contributed by atoms with van der Waals surface area (Å²) in [5.41, 5.74) is 5.49. The van der Waals surface area contributed by atoms with Crippen LogP contribution in [0.1, 0.15) is 0 Å². The Bertz CT molecular complexity index is 291. The second-order valence-corrected chi connectivity index (χ2v) is 2.66. The fourth-order valence-electron chi connectivity index (χ4n) is 0.842. The molecular weight excluding hydrogens is 184 g/mol. The summed E-state index contributed by atoms with van der Waals surface area (Å²) in [6.07, 6.45) is 1.52. The highest BCUT2D eigenvalue weighted by atomic mass is 16.5. The van der Waals surface area contributed by atoms with Gasteiger partial charge in [0.15, 0.2) is 5.82 Å². The number of methoxy groups -OCH3 is 1. The van der Waals surface area contributed by atoms with Crippen LogP contribution in [0.25, 0.3) is 0 Å². The van der Waals surface area contributed by atoms with Crippen LogP contribution in [0.2, 0.25) is 0 Å².